The van der Waals surface area contributed by atoms with Gasteiger partial charge in [0.1, 0.15) is 0 Å². The zero-order valence-corrected chi connectivity index (χ0v) is 12.5. The summed E-state index contributed by atoms with van der Waals surface area (Å²) in [5.74, 6) is 1.10. The molecule has 3 nitrogen and oxygen atoms in total. The van der Waals surface area contributed by atoms with Crippen molar-refractivity contribution in [2.75, 3.05) is 20.2 Å². The van der Waals surface area contributed by atoms with Crippen molar-refractivity contribution in [1.29, 1.82) is 5.26 Å². The Morgan fingerprint density at radius 3 is 2.53 bits per heavy atom. The SMILES string of the molecule is CCCC1CCC(C#N)C(N2CCC(OC)CC2)C1. The van der Waals surface area contributed by atoms with Gasteiger partial charge < -0.3 is 4.74 Å². The Labute approximate surface area is 117 Å². The first-order chi connectivity index (χ1) is 9.28. The van der Waals surface area contributed by atoms with E-state index >= 15 is 0 Å². The lowest BCUT2D eigenvalue weighted by Gasteiger charge is -2.43. The molecule has 108 valence electrons. The Hall–Kier alpha value is -0.590. The van der Waals surface area contributed by atoms with Crippen molar-refractivity contribution in [3.63, 3.8) is 0 Å². The maximum absolute atomic E-state index is 9.41. The van der Waals surface area contributed by atoms with Gasteiger partial charge in [-0.2, -0.15) is 5.26 Å². The number of hydrogen-bond acceptors (Lipinski definition) is 3. The second-order valence-corrected chi connectivity index (χ2v) is 6.24. The van der Waals surface area contributed by atoms with Gasteiger partial charge in [0, 0.05) is 26.2 Å². The first-order valence-corrected chi connectivity index (χ1v) is 7.95. The Morgan fingerprint density at radius 2 is 1.95 bits per heavy atom. The van der Waals surface area contributed by atoms with E-state index in [1.165, 1.54) is 25.7 Å². The van der Waals surface area contributed by atoms with E-state index in [9.17, 15) is 5.26 Å². The summed E-state index contributed by atoms with van der Waals surface area (Å²) in [7, 11) is 1.82. The number of hydrogen-bond donors (Lipinski definition) is 0. The number of likely N-dealkylation sites (tertiary alicyclic amines) is 1. The van der Waals surface area contributed by atoms with Crippen LogP contribution in [0.25, 0.3) is 0 Å². The van der Waals surface area contributed by atoms with Crippen molar-refractivity contribution in [2.45, 2.75) is 64.0 Å². The second-order valence-electron chi connectivity index (χ2n) is 6.24. The molecule has 1 heterocycles. The van der Waals surface area contributed by atoms with E-state index in [1.807, 2.05) is 7.11 Å². The summed E-state index contributed by atoms with van der Waals surface area (Å²) < 4.78 is 5.45. The topological polar surface area (TPSA) is 36.3 Å². The van der Waals surface area contributed by atoms with Gasteiger partial charge in [-0.05, 0) is 38.0 Å². The van der Waals surface area contributed by atoms with Gasteiger partial charge in [-0.25, -0.2) is 0 Å². The average Bonchev–Trinajstić information content (AvgIpc) is 2.47. The molecule has 2 rings (SSSR count). The fourth-order valence-corrected chi connectivity index (χ4v) is 3.90. The van der Waals surface area contributed by atoms with Gasteiger partial charge >= 0.3 is 0 Å². The lowest BCUT2D eigenvalue weighted by Crippen LogP contribution is -2.48. The van der Waals surface area contributed by atoms with Crippen LogP contribution in [0, 0.1) is 23.2 Å². The van der Waals surface area contributed by atoms with Gasteiger partial charge in [0.2, 0.25) is 0 Å². The third kappa shape index (κ3) is 3.70. The Balaban J connectivity index is 1.93. The molecular formula is C16H28N2O. The second kappa shape index (κ2) is 7.26. The number of nitrogens with zero attached hydrogens (tertiary/aromatic N) is 2. The molecule has 0 spiro atoms. The van der Waals surface area contributed by atoms with Gasteiger partial charge in [-0.15, -0.1) is 0 Å². The summed E-state index contributed by atoms with van der Waals surface area (Å²) in [5, 5.41) is 9.41. The quantitative estimate of drug-likeness (QED) is 0.782. The van der Waals surface area contributed by atoms with E-state index in [-0.39, 0.29) is 5.92 Å². The molecule has 19 heavy (non-hydrogen) atoms. The lowest BCUT2D eigenvalue weighted by atomic mass is 9.76. The summed E-state index contributed by atoms with van der Waals surface area (Å²) >= 11 is 0. The van der Waals surface area contributed by atoms with E-state index in [0.717, 1.165) is 38.3 Å². The predicted molar refractivity (Wildman–Crippen MR) is 76.7 cm³/mol. The lowest BCUT2D eigenvalue weighted by molar-refractivity contribution is 0.00753. The van der Waals surface area contributed by atoms with Crippen molar-refractivity contribution >= 4 is 0 Å². The van der Waals surface area contributed by atoms with Gasteiger partial charge in [-0.1, -0.05) is 19.8 Å². The van der Waals surface area contributed by atoms with E-state index in [2.05, 4.69) is 17.9 Å². The molecule has 1 aliphatic heterocycles. The fourth-order valence-electron chi connectivity index (χ4n) is 3.90. The maximum atomic E-state index is 9.41. The van der Waals surface area contributed by atoms with Crippen molar-refractivity contribution < 1.29 is 4.74 Å². The first-order valence-electron chi connectivity index (χ1n) is 7.95. The normalized spacial score (nSPS) is 34.1. The molecule has 0 aromatic rings. The Morgan fingerprint density at radius 1 is 1.21 bits per heavy atom. The Kier molecular flexibility index (Phi) is 5.66. The number of ether oxygens (including phenoxy) is 1. The molecule has 3 atom stereocenters. The van der Waals surface area contributed by atoms with Crippen LogP contribution in [0.1, 0.15) is 51.9 Å². The molecular weight excluding hydrogens is 236 g/mol. The summed E-state index contributed by atoms with van der Waals surface area (Å²) in [6, 6.07) is 3.07. The number of nitriles is 1. The van der Waals surface area contributed by atoms with Crippen molar-refractivity contribution in [2.24, 2.45) is 11.8 Å². The van der Waals surface area contributed by atoms with Crippen LogP contribution < -0.4 is 0 Å². The average molecular weight is 264 g/mol. The molecule has 0 aromatic carbocycles. The van der Waals surface area contributed by atoms with Crippen LogP contribution in [0.4, 0.5) is 0 Å². The molecule has 2 fully saturated rings. The Bertz CT molecular complexity index is 304. The van der Waals surface area contributed by atoms with Crippen LogP contribution >= 0.6 is 0 Å². The molecule has 3 heteroatoms. The van der Waals surface area contributed by atoms with Crippen LogP contribution in [-0.2, 0) is 4.74 Å². The van der Waals surface area contributed by atoms with Crippen molar-refractivity contribution in [3.8, 4) is 6.07 Å². The molecule has 0 radical (unpaired) electrons. The van der Waals surface area contributed by atoms with Crippen LogP contribution in [0.15, 0.2) is 0 Å². The molecule has 0 bridgehead atoms. The molecule has 0 aromatic heterocycles. The number of methoxy groups -OCH3 is 1. The van der Waals surface area contributed by atoms with E-state index in [0.29, 0.717) is 12.1 Å². The number of rotatable bonds is 4. The number of piperidine rings is 1. The molecule has 1 aliphatic carbocycles. The van der Waals surface area contributed by atoms with Crippen LogP contribution in [0.5, 0.6) is 0 Å². The highest BCUT2D eigenvalue weighted by Gasteiger charge is 2.35. The minimum Gasteiger partial charge on any atom is -0.381 e. The summed E-state index contributed by atoms with van der Waals surface area (Å²) in [6.07, 6.45) is 8.92. The highest BCUT2D eigenvalue weighted by atomic mass is 16.5. The van der Waals surface area contributed by atoms with Crippen LogP contribution in [0.2, 0.25) is 0 Å². The van der Waals surface area contributed by atoms with E-state index < -0.39 is 0 Å². The van der Waals surface area contributed by atoms with Crippen molar-refractivity contribution in [3.05, 3.63) is 0 Å². The molecule has 1 saturated carbocycles. The molecule has 2 aliphatic rings. The largest absolute Gasteiger partial charge is 0.381 e. The van der Waals surface area contributed by atoms with Gasteiger partial charge in [0.15, 0.2) is 0 Å². The smallest absolute Gasteiger partial charge is 0.0672 e. The van der Waals surface area contributed by atoms with Crippen molar-refractivity contribution in [1.82, 2.24) is 4.90 Å². The third-order valence-electron chi connectivity index (χ3n) is 5.07. The zero-order chi connectivity index (χ0) is 13.7. The highest BCUT2D eigenvalue weighted by Crippen LogP contribution is 2.35. The first kappa shape index (κ1) is 14.8. The predicted octanol–water partition coefficient (Wildman–Crippen LogP) is 3.21. The van der Waals surface area contributed by atoms with Crippen LogP contribution in [0.3, 0.4) is 0 Å². The van der Waals surface area contributed by atoms with Crippen LogP contribution in [-0.4, -0.2) is 37.2 Å². The third-order valence-corrected chi connectivity index (χ3v) is 5.07. The van der Waals surface area contributed by atoms with E-state index in [1.54, 1.807) is 0 Å². The summed E-state index contributed by atoms with van der Waals surface area (Å²) in [5.41, 5.74) is 0. The molecule has 3 unspecified atom stereocenters. The fraction of sp³-hybridized carbons (Fsp3) is 0.938. The van der Waals surface area contributed by atoms with Gasteiger partial charge in [0.05, 0.1) is 18.1 Å². The minimum atomic E-state index is 0.257. The maximum Gasteiger partial charge on any atom is 0.0672 e. The van der Waals surface area contributed by atoms with Gasteiger partial charge in [-0.3, -0.25) is 4.90 Å². The van der Waals surface area contributed by atoms with E-state index in [4.69, 9.17) is 4.74 Å². The highest BCUT2D eigenvalue weighted by molar-refractivity contribution is 4.98. The zero-order valence-electron chi connectivity index (χ0n) is 12.5. The summed E-state index contributed by atoms with van der Waals surface area (Å²) in [6.45, 7) is 4.50. The van der Waals surface area contributed by atoms with Gasteiger partial charge in [0.25, 0.3) is 0 Å². The standard InChI is InChI=1S/C16H28N2O/c1-3-4-13-5-6-14(12-17)16(11-13)18-9-7-15(19-2)8-10-18/h13-16H,3-11H2,1-2H3. The molecule has 1 saturated heterocycles. The molecule has 0 N–H and O–H groups in total. The minimum absolute atomic E-state index is 0.257. The summed E-state index contributed by atoms with van der Waals surface area (Å²) in [4.78, 5) is 2.57. The monoisotopic (exact) mass is 264 g/mol. The molecule has 0 amide bonds.